The molecule has 0 fully saturated rings. The molecule has 0 saturated heterocycles. The summed E-state index contributed by atoms with van der Waals surface area (Å²) in [6.45, 7) is 3.39. The van der Waals surface area contributed by atoms with Crippen molar-refractivity contribution in [2.24, 2.45) is 16.8 Å². The third kappa shape index (κ3) is 4.42. The standard InChI is InChI=1S/C13H21N3O3/c1-9(8-17)6-15-7-11-5-10(13(14)16-18)3-4-12(11)19-2/h3-5,9,15,17-18H,6-8H2,1-2H3,(H2,14,16). The molecule has 0 saturated carbocycles. The molecule has 6 nitrogen and oxygen atoms in total. The highest BCUT2D eigenvalue weighted by atomic mass is 16.5. The van der Waals surface area contributed by atoms with Crippen LogP contribution in [-0.4, -0.2) is 36.4 Å². The Balaban J connectivity index is 2.79. The smallest absolute Gasteiger partial charge is 0.170 e. The van der Waals surface area contributed by atoms with E-state index in [9.17, 15) is 0 Å². The Morgan fingerprint density at radius 2 is 2.26 bits per heavy atom. The zero-order valence-corrected chi connectivity index (χ0v) is 11.3. The molecule has 5 N–H and O–H groups in total. The fourth-order valence-corrected chi connectivity index (χ4v) is 1.65. The molecule has 0 radical (unpaired) electrons. The van der Waals surface area contributed by atoms with Crippen molar-refractivity contribution >= 4 is 5.84 Å². The molecular weight excluding hydrogens is 246 g/mol. The lowest BCUT2D eigenvalue weighted by Gasteiger charge is -2.13. The first-order chi connectivity index (χ1) is 9.12. The summed E-state index contributed by atoms with van der Waals surface area (Å²) in [6.07, 6.45) is 0. The lowest BCUT2D eigenvalue weighted by atomic mass is 10.1. The van der Waals surface area contributed by atoms with Crippen molar-refractivity contribution < 1.29 is 15.1 Å². The molecule has 1 unspecified atom stereocenters. The van der Waals surface area contributed by atoms with Crippen LogP contribution in [0.1, 0.15) is 18.1 Å². The zero-order valence-electron chi connectivity index (χ0n) is 11.3. The molecule has 0 aliphatic heterocycles. The van der Waals surface area contributed by atoms with Crippen LogP contribution in [0, 0.1) is 5.92 Å². The van der Waals surface area contributed by atoms with Crippen LogP contribution in [0.25, 0.3) is 0 Å². The van der Waals surface area contributed by atoms with E-state index in [0.717, 1.165) is 11.3 Å². The fourth-order valence-electron chi connectivity index (χ4n) is 1.65. The lowest BCUT2D eigenvalue weighted by Crippen LogP contribution is -2.23. The van der Waals surface area contributed by atoms with Crippen molar-refractivity contribution in [2.75, 3.05) is 20.3 Å². The molecule has 0 aliphatic carbocycles. The molecule has 6 heteroatoms. The summed E-state index contributed by atoms with van der Waals surface area (Å²) < 4.78 is 5.26. The van der Waals surface area contributed by atoms with Crippen molar-refractivity contribution in [3.63, 3.8) is 0 Å². The second kappa shape index (κ2) is 7.60. The number of aliphatic hydroxyl groups excluding tert-OH is 1. The number of amidine groups is 1. The van der Waals surface area contributed by atoms with Gasteiger partial charge in [-0.1, -0.05) is 12.1 Å². The number of nitrogens with zero attached hydrogens (tertiary/aromatic N) is 1. The summed E-state index contributed by atoms with van der Waals surface area (Å²) in [5, 5.41) is 23.8. The minimum Gasteiger partial charge on any atom is -0.496 e. The highest BCUT2D eigenvalue weighted by Gasteiger charge is 2.07. The maximum absolute atomic E-state index is 8.96. The number of nitrogens with one attached hydrogen (secondary N) is 1. The summed E-state index contributed by atoms with van der Waals surface area (Å²) in [6, 6.07) is 5.32. The van der Waals surface area contributed by atoms with Gasteiger partial charge in [-0.25, -0.2) is 0 Å². The number of hydrogen-bond acceptors (Lipinski definition) is 5. The van der Waals surface area contributed by atoms with E-state index >= 15 is 0 Å². The van der Waals surface area contributed by atoms with E-state index in [1.807, 2.05) is 13.0 Å². The van der Waals surface area contributed by atoms with E-state index in [2.05, 4.69) is 10.5 Å². The van der Waals surface area contributed by atoms with Crippen LogP contribution < -0.4 is 15.8 Å². The van der Waals surface area contributed by atoms with Gasteiger partial charge in [-0.2, -0.15) is 0 Å². The summed E-state index contributed by atoms with van der Waals surface area (Å²) in [4.78, 5) is 0. The van der Waals surface area contributed by atoms with Gasteiger partial charge in [0.2, 0.25) is 0 Å². The van der Waals surface area contributed by atoms with Crippen molar-refractivity contribution in [2.45, 2.75) is 13.5 Å². The van der Waals surface area contributed by atoms with E-state index in [0.29, 0.717) is 18.7 Å². The third-order valence-corrected chi connectivity index (χ3v) is 2.80. The van der Waals surface area contributed by atoms with Gasteiger partial charge < -0.3 is 26.1 Å². The van der Waals surface area contributed by atoms with Gasteiger partial charge in [-0.05, 0) is 24.1 Å². The van der Waals surface area contributed by atoms with E-state index < -0.39 is 0 Å². The number of methoxy groups -OCH3 is 1. The number of hydrogen-bond donors (Lipinski definition) is 4. The van der Waals surface area contributed by atoms with Gasteiger partial charge in [0.1, 0.15) is 5.75 Å². The van der Waals surface area contributed by atoms with Gasteiger partial charge in [0.15, 0.2) is 5.84 Å². The first-order valence-electron chi connectivity index (χ1n) is 6.08. The van der Waals surface area contributed by atoms with E-state index in [1.165, 1.54) is 0 Å². The molecule has 19 heavy (non-hydrogen) atoms. The van der Waals surface area contributed by atoms with Crippen molar-refractivity contribution in [3.05, 3.63) is 29.3 Å². The SMILES string of the molecule is COc1ccc(/C(N)=N/O)cc1CNCC(C)CO. The first-order valence-corrected chi connectivity index (χ1v) is 6.08. The Labute approximate surface area is 112 Å². The molecule has 0 bridgehead atoms. The molecule has 0 aromatic heterocycles. The Morgan fingerprint density at radius 1 is 1.53 bits per heavy atom. The van der Waals surface area contributed by atoms with Gasteiger partial charge in [-0.15, -0.1) is 0 Å². The van der Waals surface area contributed by atoms with Crippen LogP contribution in [0.2, 0.25) is 0 Å². The highest BCUT2D eigenvalue weighted by molar-refractivity contribution is 5.97. The quantitative estimate of drug-likeness (QED) is 0.249. The summed E-state index contributed by atoms with van der Waals surface area (Å²) in [5.74, 6) is 0.990. The first kappa shape index (κ1) is 15.3. The van der Waals surface area contributed by atoms with Crippen LogP contribution in [-0.2, 0) is 6.54 Å². The molecule has 0 spiro atoms. The number of benzene rings is 1. The van der Waals surface area contributed by atoms with Gasteiger partial charge in [0, 0.05) is 30.8 Å². The van der Waals surface area contributed by atoms with Gasteiger partial charge in [0.25, 0.3) is 0 Å². The Hall–Kier alpha value is -1.79. The number of aliphatic hydroxyl groups is 1. The lowest BCUT2D eigenvalue weighted by molar-refractivity contribution is 0.233. The number of oxime groups is 1. The van der Waals surface area contributed by atoms with Gasteiger partial charge in [0.05, 0.1) is 7.11 Å². The number of rotatable bonds is 7. The number of nitrogens with two attached hydrogens (primary N) is 1. The minimum atomic E-state index is 0.0626. The molecule has 1 atom stereocenters. The third-order valence-electron chi connectivity index (χ3n) is 2.80. The predicted molar refractivity (Wildman–Crippen MR) is 73.5 cm³/mol. The Bertz CT molecular complexity index is 435. The number of ether oxygens (including phenoxy) is 1. The monoisotopic (exact) mass is 267 g/mol. The molecule has 0 aliphatic rings. The normalized spacial score (nSPS) is 13.3. The maximum Gasteiger partial charge on any atom is 0.170 e. The molecular formula is C13H21N3O3. The summed E-state index contributed by atoms with van der Waals surface area (Å²) in [7, 11) is 1.60. The van der Waals surface area contributed by atoms with Crippen molar-refractivity contribution in [1.82, 2.24) is 5.32 Å². The molecule has 1 aromatic carbocycles. The van der Waals surface area contributed by atoms with E-state index in [4.69, 9.17) is 20.8 Å². The summed E-state index contributed by atoms with van der Waals surface area (Å²) >= 11 is 0. The van der Waals surface area contributed by atoms with Crippen LogP contribution in [0.4, 0.5) is 0 Å². The summed E-state index contributed by atoms with van der Waals surface area (Å²) in [5.41, 5.74) is 7.11. The second-order valence-electron chi connectivity index (χ2n) is 4.43. The van der Waals surface area contributed by atoms with Crippen LogP contribution >= 0.6 is 0 Å². The van der Waals surface area contributed by atoms with Gasteiger partial charge in [-0.3, -0.25) is 0 Å². The van der Waals surface area contributed by atoms with Crippen LogP contribution in [0.3, 0.4) is 0 Å². The largest absolute Gasteiger partial charge is 0.496 e. The predicted octanol–water partition coefficient (Wildman–Crippen LogP) is 0.508. The van der Waals surface area contributed by atoms with E-state index in [1.54, 1.807) is 19.2 Å². The van der Waals surface area contributed by atoms with Crippen molar-refractivity contribution in [1.29, 1.82) is 0 Å². The van der Waals surface area contributed by atoms with E-state index in [-0.39, 0.29) is 18.4 Å². The molecule has 106 valence electrons. The maximum atomic E-state index is 8.96. The van der Waals surface area contributed by atoms with Crippen LogP contribution in [0.15, 0.2) is 23.4 Å². The second-order valence-corrected chi connectivity index (χ2v) is 4.43. The fraction of sp³-hybridized carbons (Fsp3) is 0.462. The molecule has 1 aromatic rings. The van der Waals surface area contributed by atoms with Gasteiger partial charge >= 0.3 is 0 Å². The molecule has 0 amide bonds. The zero-order chi connectivity index (χ0) is 14.3. The van der Waals surface area contributed by atoms with Crippen LogP contribution in [0.5, 0.6) is 5.75 Å². The topological polar surface area (TPSA) is 100 Å². The Kier molecular flexibility index (Phi) is 6.11. The average Bonchev–Trinajstić information content (AvgIpc) is 2.45. The van der Waals surface area contributed by atoms with Crippen molar-refractivity contribution in [3.8, 4) is 5.75 Å². The molecule has 1 rings (SSSR count). The highest BCUT2D eigenvalue weighted by Crippen LogP contribution is 2.19. The minimum absolute atomic E-state index is 0.0626. The molecule has 0 heterocycles. The average molecular weight is 267 g/mol. The Morgan fingerprint density at radius 3 is 2.84 bits per heavy atom.